The maximum Gasteiger partial charge on any atom is 0.125 e. The van der Waals surface area contributed by atoms with Crippen LogP contribution in [0.15, 0.2) is 12.1 Å². The van der Waals surface area contributed by atoms with E-state index in [4.69, 9.17) is 11.6 Å². The first-order valence-electron chi connectivity index (χ1n) is 2.72. The minimum absolute atomic E-state index is 0.275. The summed E-state index contributed by atoms with van der Waals surface area (Å²) < 4.78 is 13.4. The monoisotopic (exact) mass is 270 g/mol. The molecule has 0 saturated carbocycles. The second kappa shape index (κ2) is 3.05. The zero-order valence-corrected chi connectivity index (χ0v) is 8.20. The van der Waals surface area contributed by atoms with Crippen LogP contribution in [0.4, 0.5) is 4.39 Å². The van der Waals surface area contributed by atoms with Gasteiger partial charge in [-0.25, -0.2) is 4.39 Å². The molecule has 0 aliphatic rings. The van der Waals surface area contributed by atoms with E-state index in [0.717, 1.165) is 9.13 Å². The third-order valence-corrected chi connectivity index (χ3v) is 3.22. The molecule has 0 bridgehead atoms. The Balaban J connectivity index is 3.31. The second-order valence-corrected chi connectivity index (χ2v) is 3.50. The quantitative estimate of drug-likeness (QED) is 0.501. The van der Waals surface area contributed by atoms with Crippen LogP contribution in [0.5, 0.6) is 0 Å². The average molecular weight is 270 g/mol. The summed E-state index contributed by atoms with van der Waals surface area (Å²) >= 11 is 7.76. The van der Waals surface area contributed by atoms with Gasteiger partial charge in [-0.05, 0) is 47.2 Å². The van der Waals surface area contributed by atoms with Gasteiger partial charge in [0, 0.05) is 3.57 Å². The summed E-state index contributed by atoms with van der Waals surface area (Å²) in [4.78, 5) is 0. The van der Waals surface area contributed by atoms with Crippen molar-refractivity contribution in [2.24, 2.45) is 0 Å². The Morgan fingerprint density at radius 1 is 1.50 bits per heavy atom. The molecule has 0 spiro atoms. The molecule has 0 fully saturated rings. The zero-order valence-electron chi connectivity index (χ0n) is 5.29. The van der Waals surface area contributed by atoms with Crippen LogP contribution in [0.25, 0.3) is 0 Å². The topological polar surface area (TPSA) is 0 Å². The second-order valence-electron chi connectivity index (χ2n) is 2.02. The molecule has 0 radical (unpaired) electrons. The maximum absolute atomic E-state index is 12.5. The van der Waals surface area contributed by atoms with E-state index in [0.29, 0.717) is 5.02 Å². The summed E-state index contributed by atoms with van der Waals surface area (Å²) in [5.74, 6) is -0.275. The van der Waals surface area contributed by atoms with E-state index in [9.17, 15) is 4.39 Å². The number of hydrogen-bond acceptors (Lipinski definition) is 0. The summed E-state index contributed by atoms with van der Waals surface area (Å²) in [6.07, 6.45) is 0. The molecule has 0 nitrogen and oxygen atoms in total. The van der Waals surface area contributed by atoms with Crippen molar-refractivity contribution >= 4 is 34.2 Å². The largest absolute Gasteiger partial charge is 0.207 e. The van der Waals surface area contributed by atoms with Crippen LogP contribution < -0.4 is 0 Å². The molecule has 0 aliphatic heterocycles. The Labute approximate surface area is 77.5 Å². The number of benzene rings is 1. The van der Waals surface area contributed by atoms with Crippen LogP contribution in [0, 0.1) is 16.3 Å². The maximum atomic E-state index is 12.5. The molecule has 0 atom stereocenters. The van der Waals surface area contributed by atoms with Gasteiger partial charge in [-0.1, -0.05) is 11.6 Å². The van der Waals surface area contributed by atoms with E-state index in [1.807, 2.05) is 6.92 Å². The van der Waals surface area contributed by atoms with Crippen LogP contribution in [0.1, 0.15) is 5.56 Å². The van der Waals surface area contributed by atoms with Gasteiger partial charge in [-0.3, -0.25) is 0 Å². The van der Waals surface area contributed by atoms with Crippen LogP contribution in [0.2, 0.25) is 5.02 Å². The molecule has 0 aliphatic carbocycles. The molecule has 0 unspecified atom stereocenters. The first-order valence-corrected chi connectivity index (χ1v) is 4.18. The molecule has 54 valence electrons. The first-order chi connectivity index (χ1) is 4.61. The smallest absolute Gasteiger partial charge is 0.125 e. The zero-order chi connectivity index (χ0) is 7.72. The lowest BCUT2D eigenvalue weighted by molar-refractivity contribution is 0.626. The standard InChI is InChI=1S/C7H5ClFI/c1-4-2-5(9)3-6(8)7(4)10/h2-3H,1H3. The highest BCUT2D eigenvalue weighted by Gasteiger charge is 2.01. The molecule has 1 aromatic carbocycles. The molecule has 0 N–H and O–H groups in total. The molecule has 0 heterocycles. The lowest BCUT2D eigenvalue weighted by atomic mass is 10.2. The van der Waals surface area contributed by atoms with Gasteiger partial charge in [0.05, 0.1) is 5.02 Å². The molecule has 3 heteroatoms. The van der Waals surface area contributed by atoms with Crippen LogP contribution in [-0.4, -0.2) is 0 Å². The first kappa shape index (κ1) is 8.27. The van der Waals surface area contributed by atoms with E-state index in [-0.39, 0.29) is 5.82 Å². The summed E-state index contributed by atoms with van der Waals surface area (Å²) in [6, 6.07) is 2.78. The average Bonchev–Trinajstić information content (AvgIpc) is 1.82. The number of rotatable bonds is 0. The Hall–Kier alpha value is 0.170. The van der Waals surface area contributed by atoms with Crippen molar-refractivity contribution in [1.82, 2.24) is 0 Å². The lowest BCUT2D eigenvalue weighted by Crippen LogP contribution is -1.83. The van der Waals surface area contributed by atoms with E-state index >= 15 is 0 Å². The predicted molar refractivity (Wildman–Crippen MR) is 48.9 cm³/mol. The summed E-state index contributed by atoms with van der Waals surface area (Å²) in [5, 5.41) is 0.484. The highest BCUT2D eigenvalue weighted by atomic mass is 127. The summed E-state index contributed by atoms with van der Waals surface area (Å²) in [5.41, 5.74) is 0.880. The summed E-state index contributed by atoms with van der Waals surface area (Å²) in [6.45, 7) is 1.83. The molecular weight excluding hydrogens is 265 g/mol. The van der Waals surface area contributed by atoms with Gasteiger partial charge in [-0.15, -0.1) is 0 Å². The highest BCUT2D eigenvalue weighted by Crippen LogP contribution is 2.22. The van der Waals surface area contributed by atoms with E-state index in [1.165, 1.54) is 12.1 Å². The van der Waals surface area contributed by atoms with E-state index in [2.05, 4.69) is 22.6 Å². The van der Waals surface area contributed by atoms with E-state index < -0.39 is 0 Å². The van der Waals surface area contributed by atoms with Gasteiger partial charge in [0.15, 0.2) is 0 Å². The number of hydrogen-bond donors (Lipinski definition) is 0. The Morgan fingerprint density at radius 3 is 2.60 bits per heavy atom. The molecule has 10 heavy (non-hydrogen) atoms. The Bertz CT molecular complexity index is 237. The molecule has 0 aromatic heterocycles. The fourth-order valence-electron chi connectivity index (χ4n) is 0.685. The van der Waals surface area contributed by atoms with Crippen molar-refractivity contribution in [3.63, 3.8) is 0 Å². The fourth-order valence-corrected chi connectivity index (χ4v) is 1.25. The predicted octanol–water partition coefficient (Wildman–Crippen LogP) is 3.39. The Morgan fingerprint density at radius 2 is 2.10 bits per heavy atom. The molecule has 1 rings (SSSR count). The molecule has 0 saturated heterocycles. The van der Waals surface area contributed by atoms with Crippen molar-refractivity contribution in [1.29, 1.82) is 0 Å². The van der Waals surface area contributed by atoms with Gasteiger partial charge >= 0.3 is 0 Å². The molecule has 1 aromatic rings. The summed E-state index contributed by atoms with van der Waals surface area (Å²) in [7, 11) is 0. The number of aryl methyl sites for hydroxylation is 1. The van der Waals surface area contributed by atoms with Crippen molar-refractivity contribution in [2.45, 2.75) is 6.92 Å². The van der Waals surface area contributed by atoms with Crippen molar-refractivity contribution in [3.05, 3.63) is 32.1 Å². The normalized spacial score (nSPS) is 10.0. The Kier molecular flexibility index (Phi) is 2.52. The van der Waals surface area contributed by atoms with Gasteiger partial charge in [0.2, 0.25) is 0 Å². The van der Waals surface area contributed by atoms with E-state index in [1.54, 1.807) is 0 Å². The van der Waals surface area contributed by atoms with Crippen LogP contribution in [0.3, 0.4) is 0 Å². The fraction of sp³-hybridized carbons (Fsp3) is 0.143. The molecule has 0 amide bonds. The minimum atomic E-state index is -0.275. The molecular formula is C7H5ClFI. The van der Waals surface area contributed by atoms with Crippen LogP contribution >= 0.6 is 34.2 Å². The van der Waals surface area contributed by atoms with Crippen molar-refractivity contribution < 1.29 is 4.39 Å². The van der Waals surface area contributed by atoms with Gasteiger partial charge in [0.1, 0.15) is 5.82 Å². The van der Waals surface area contributed by atoms with Crippen molar-refractivity contribution in [2.75, 3.05) is 0 Å². The third kappa shape index (κ3) is 1.61. The lowest BCUT2D eigenvalue weighted by Gasteiger charge is -1.99. The van der Waals surface area contributed by atoms with Gasteiger partial charge in [0.25, 0.3) is 0 Å². The van der Waals surface area contributed by atoms with Gasteiger partial charge in [-0.2, -0.15) is 0 Å². The highest BCUT2D eigenvalue weighted by molar-refractivity contribution is 14.1. The minimum Gasteiger partial charge on any atom is -0.207 e. The third-order valence-electron chi connectivity index (χ3n) is 1.17. The van der Waals surface area contributed by atoms with Crippen molar-refractivity contribution in [3.8, 4) is 0 Å². The SMILES string of the molecule is Cc1cc(F)cc(Cl)c1I. The number of halogens is 3. The van der Waals surface area contributed by atoms with Gasteiger partial charge < -0.3 is 0 Å². The van der Waals surface area contributed by atoms with Crippen LogP contribution in [-0.2, 0) is 0 Å².